The Kier molecular flexibility index (Phi) is 23.8. The van der Waals surface area contributed by atoms with E-state index in [4.69, 9.17) is 19.2 Å². The van der Waals surface area contributed by atoms with Crippen molar-refractivity contribution < 1.29 is 44.6 Å². The molecule has 0 fully saturated rings. The molecule has 0 aliphatic rings. The fraction of sp³-hybridized carbons (Fsp3) is 0. The molecule has 5 nitrogen and oxygen atoms in total. The van der Waals surface area contributed by atoms with Crippen LogP contribution in [-0.4, -0.2) is 43.2 Å². The Hall–Kier alpha value is 1.36. The van der Waals surface area contributed by atoms with Crippen LogP contribution >= 0.6 is 7.82 Å². The molecular formula is H7FeMgO5P. The standard InChI is InChI=1S/Fe.Mg.H3O4P.H2O.2H/c;;1-5(2,3)4;;;/h;;(H3,1,2,3,4);1H2;;/q;+2;;;2*-1. The third-order valence-corrected chi connectivity index (χ3v) is 0. The molecule has 0 aliphatic carbocycles. The van der Waals surface area contributed by atoms with Gasteiger partial charge in [0.2, 0.25) is 0 Å². The Morgan fingerprint density at radius 2 is 1.25 bits per heavy atom. The maximum absolute atomic E-state index is 8.88. The molecule has 0 aromatic carbocycles. The van der Waals surface area contributed by atoms with Crippen LogP contribution in [0.4, 0.5) is 0 Å². The minimum Gasteiger partial charge on any atom is -1.00 e. The van der Waals surface area contributed by atoms with Crippen molar-refractivity contribution in [1.82, 2.24) is 0 Å². The van der Waals surface area contributed by atoms with Gasteiger partial charge in [0.05, 0.1) is 0 Å². The molecule has 0 rings (SSSR count). The van der Waals surface area contributed by atoms with Crippen molar-refractivity contribution in [3.8, 4) is 0 Å². The summed E-state index contributed by atoms with van der Waals surface area (Å²) in [5.41, 5.74) is 0. The summed E-state index contributed by atoms with van der Waals surface area (Å²) >= 11 is 0. The summed E-state index contributed by atoms with van der Waals surface area (Å²) in [5, 5.41) is 0. The Morgan fingerprint density at radius 3 is 1.25 bits per heavy atom. The summed E-state index contributed by atoms with van der Waals surface area (Å²) in [5.74, 6) is 0. The van der Waals surface area contributed by atoms with Gasteiger partial charge in [-0.05, 0) is 0 Å². The van der Waals surface area contributed by atoms with Gasteiger partial charge in [-0.25, -0.2) is 4.57 Å². The topological polar surface area (TPSA) is 109 Å². The van der Waals surface area contributed by atoms with Crippen LogP contribution in [0.25, 0.3) is 0 Å². The predicted octanol–water partition coefficient (Wildman–Crippen LogP) is -1.91. The van der Waals surface area contributed by atoms with Gasteiger partial charge < -0.3 is 23.0 Å². The fourth-order valence-electron chi connectivity index (χ4n) is 0. The Morgan fingerprint density at radius 1 is 1.25 bits per heavy atom. The summed E-state index contributed by atoms with van der Waals surface area (Å²) < 4.78 is 8.88. The van der Waals surface area contributed by atoms with E-state index in [-0.39, 0.29) is 48.5 Å². The van der Waals surface area contributed by atoms with Crippen molar-refractivity contribution in [1.29, 1.82) is 0 Å². The van der Waals surface area contributed by atoms with Gasteiger partial charge in [-0.2, -0.15) is 0 Å². The molecule has 0 atom stereocenters. The molecule has 5 N–H and O–H groups in total. The van der Waals surface area contributed by atoms with E-state index in [2.05, 4.69) is 0 Å². The van der Waals surface area contributed by atoms with Crippen LogP contribution in [0.1, 0.15) is 2.85 Å². The molecule has 0 aromatic heterocycles. The zero-order valence-corrected chi connectivity index (χ0v) is 7.17. The summed E-state index contributed by atoms with van der Waals surface area (Å²) in [4.78, 5) is 21.6. The van der Waals surface area contributed by atoms with E-state index >= 15 is 0 Å². The first kappa shape index (κ1) is 22.8. The fourth-order valence-corrected chi connectivity index (χ4v) is 0. The molecule has 8 heteroatoms. The minimum absolute atomic E-state index is 0. The van der Waals surface area contributed by atoms with E-state index in [9.17, 15) is 0 Å². The second-order valence-corrected chi connectivity index (χ2v) is 1.54. The molecule has 0 aliphatic heterocycles. The number of phosphoric acid groups is 1. The molecule has 0 aromatic rings. The van der Waals surface area contributed by atoms with Crippen molar-refractivity contribution in [2.75, 3.05) is 0 Å². The van der Waals surface area contributed by atoms with Gasteiger partial charge in [0, 0.05) is 17.1 Å². The maximum Gasteiger partial charge on any atom is 2.00 e. The summed E-state index contributed by atoms with van der Waals surface area (Å²) in [6.07, 6.45) is 0. The number of rotatable bonds is 0. The monoisotopic (exact) mass is 198 g/mol. The van der Waals surface area contributed by atoms with Crippen molar-refractivity contribution >= 4 is 30.9 Å². The Labute approximate surface area is 75.6 Å². The molecule has 52 valence electrons. The smallest absolute Gasteiger partial charge is 1.00 e. The first-order chi connectivity index (χ1) is 2.00. The third kappa shape index (κ3) is 162. The van der Waals surface area contributed by atoms with Crippen LogP contribution in [0, 0.1) is 0 Å². The van der Waals surface area contributed by atoms with E-state index in [1.807, 2.05) is 0 Å². The zero-order valence-electron chi connectivity index (χ0n) is 5.76. The van der Waals surface area contributed by atoms with Gasteiger partial charge in [-0.1, -0.05) is 0 Å². The molecule has 8 heavy (non-hydrogen) atoms. The first-order valence-electron chi connectivity index (χ1n) is 0.783. The van der Waals surface area contributed by atoms with Crippen molar-refractivity contribution in [3.05, 3.63) is 0 Å². The molecule has 0 saturated heterocycles. The third-order valence-electron chi connectivity index (χ3n) is 0. The second-order valence-electron chi connectivity index (χ2n) is 0.513. The molecule has 0 spiro atoms. The van der Waals surface area contributed by atoms with Gasteiger partial charge in [0.25, 0.3) is 0 Å². The SMILES string of the molecule is O.O=P(O)(O)O.[Fe].[H-].[H-].[Mg+2]. The summed E-state index contributed by atoms with van der Waals surface area (Å²) in [6.45, 7) is 0. The van der Waals surface area contributed by atoms with Crippen LogP contribution in [0.2, 0.25) is 0 Å². The minimum atomic E-state index is -4.64. The Balaban J connectivity index is -0.00000000800. The van der Waals surface area contributed by atoms with Crippen molar-refractivity contribution in [3.63, 3.8) is 0 Å². The number of hydrogen-bond acceptors (Lipinski definition) is 1. The maximum atomic E-state index is 8.88. The normalized spacial score (nSPS) is 7.38. The summed E-state index contributed by atoms with van der Waals surface area (Å²) in [7, 11) is -4.64. The van der Waals surface area contributed by atoms with Gasteiger partial charge >= 0.3 is 30.9 Å². The largest absolute Gasteiger partial charge is 2.00 e. The van der Waals surface area contributed by atoms with E-state index in [0.717, 1.165) is 0 Å². The van der Waals surface area contributed by atoms with Crippen LogP contribution in [0.3, 0.4) is 0 Å². The zero-order chi connectivity index (χ0) is 4.50. The van der Waals surface area contributed by atoms with E-state index in [0.29, 0.717) is 0 Å². The first-order valence-corrected chi connectivity index (χ1v) is 2.35. The average molecular weight is 198 g/mol. The average Bonchev–Trinajstić information content (AvgIpc) is 0.722. The van der Waals surface area contributed by atoms with Crippen LogP contribution in [0.15, 0.2) is 0 Å². The van der Waals surface area contributed by atoms with Crippen molar-refractivity contribution in [2.45, 2.75) is 0 Å². The van der Waals surface area contributed by atoms with Gasteiger partial charge in [0.1, 0.15) is 0 Å². The summed E-state index contributed by atoms with van der Waals surface area (Å²) in [6, 6.07) is 0. The van der Waals surface area contributed by atoms with Gasteiger partial charge in [0.15, 0.2) is 0 Å². The molecule has 0 unspecified atom stereocenters. The quantitative estimate of drug-likeness (QED) is 0.311. The predicted molar refractivity (Wildman–Crippen MR) is 25.9 cm³/mol. The molecule has 0 heterocycles. The van der Waals surface area contributed by atoms with E-state index in [1.54, 1.807) is 0 Å². The molecule has 0 saturated carbocycles. The van der Waals surface area contributed by atoms with Gasteiger partial charge in [-0.3, -0.25) is 0 Å². The number of hydrogen-bond donors (Lipinski definition) is 3. The van der Waals surface area contributed by atoms with E-state index < -0.39 is 7.82 Å². The molecule has 0 amide bonds. The van der Waals surface area contributed by atoms with Crippen molar-refractivity contribution in [2.24, 2.45) is 0 Å². The second kappa shape index (κ2) is 8.36. The van der Waals surface area contributed by atoms with Crippen LogP contribution in [-0.2, 0) is 21.6 Å². The van der Waals surface area contributed by atoms with Gasteiger partial charge in [-0.15, -0.1) is 0 Å². The molecular weight excluding hydrogens is 191 g/mol. The van der Waals surface area contributed by atoms with Crippen LogP contribution in [0.5, 0.6) is 0 Å². The van der Waals surface area contributed by atoms with E-state index in [1.165, 1.54) is 0 Å². The van der Waals surface area contributed by atoms with Crippen LogP contribution < -0.4 is 0 Å². The molecule has 0 radical (unpaired) electrons. The molecule has 0 bridgehead atoms. The Bertz CT molecular complexity index is 65.8.